The van der Waals surface area contributed by atoms with E-state index in [1.165, 1.54) is 12.1 Å². The Morgan fingerprint density at radius 1 is 1.26 bits per heavy atom. The second-order valence-corrected chi connectivity index (χ2v) is 5.45. The van der Waals surface area contributed by atoms with Crippen LogP contribution < -0.4 is 5.32 Å². The van der Waals surface area contributed by atoms with E-state index in [0.717, 1.165) is 0 Å². The summed E-state index contributed by atoms with van der Waals surface area (Å²) in [6, 6.07) is 4.54. The van der Waals surface area contributed by atoms with Crippen LogP contribution in [-0.2, 0) is 4.79 Å². The van der Waals surface area contributed by atoms with Crippen molar-refractivity contribution >= 4 is 17.5 Å². The van der Waals surface area contributed by atoms with Gasteiger partial charge in [0.25, 0.3) is 11.6 Å². The van der Waals surface area contributed by atoms with Crippen molar-refractivity contribution in [3.8, 4) is 0 Å². The lowest BCUT2D eigenvalue weighted by Crippen LogP contribution is -2.51. The summed E-state index contributed by atoms with van der Waals surface area (Å²) < 4.78 is 0. The summed E-state index contributed by atoms with van der Waals surface area (Å²) >= 11 is 0. The number of nitrogens with zero attached hydrogens (tertiary/aromatic N) is 3. The van der Waals surface area contributed by atoms with Gasteiger partial charge in [0.1, 0.15) is 0 Å². The molecule has 8 heteroatoms. The molecule has 0 radical (unpaired) electrons. The lowest BCUT2D eigenvalue weighted by molar-refractivity contribution is -0.385. The van der Waals surface area contributed by atoms with Gasteiger partial charge in [-0.2, -0.15) is 0 Å². The fourth-order valence-electron chi connectivity index (χ4n) is 2.61. The molecule has 1 aliphatic heterocycles. The van der Waals surface area contributed by atoms with Crippen LogP contribution in [0.4, 0.5) is 5.69 Å². The van der Waals surface area contributed by atoms with Crippen molar-refractivity contribution in [3.63, 3.8) is 0 Å². The molecule has 0 bridgehead atoms. The van der Waals surface area contributed by atoms with Gasteiger partial charge in [-0.15, -0.1) is 0 Å². The van der Waals surface area contributed by atoms with Gasteiger partial charge in [0, 0.05) is 50.4 Å². The number of piperazine rings is 1. The van der Waals surface area contributed by atoms with Crippen molar-refractivity contribution in [2.75, 3.05) is 39.8 Å². The SMILES string of the molecule is CNC(=O)CN1CCN(C(=O)c2cccc([N+](=O)[O-])c2C)CC1. The molecular weight excluding hydrogens is 300 g/mol. The summed E-state index contributed by atoms with van der Waals surface area (Å²) in [5.74, 6) is -0.259. The Kier molecular flexibility index (Phi) is 5.28. The third-order valence-corrected chi connectivity index (χ3v) is 4.04. The summed E-state index contributed by atoms with van der Waals surface area (Å²) in [5.41, 5.74) is 0.698. The number of nitro groups is 1. The zero-order chi connectivity index (χ0) is 17.0. The Labute approximate surface area is 134 Å². The predicted octanol–water partition coefficient (Wildman–Crippen LogP) is 0.407. The van der Waals surface area contributed by atoms with E-state index in [0.29, 0.717) is 43.9 Å². The molecule has 0 atom stereocenters. The molecule has 1 aromatic carbocycles. The minimum Gasteiger partial charge on any atom is -0.358 e. The number of amides is 2. The summed E-state index contributed by atoms with van der Waals surface area (Å²) in [6.07, 6.45) is 0. The van der Waals surface area contributed by atoms with Crippen LogP contribution in [0.5, 0.6) is 0 Å². The van der Waals surface area contributed by atoms with Gasteiger partial charge in [0.05, 0.1) is 11.5 Å². The maximum absolute atomic E-state index is 12.6. The number of carbonyl (C=O) groups is 2. The van der Waals surface area contributed by atoms with Gasteiger partial charge in [-0.3, -0.25) is 24.6 Å². The predicted molar refractivity (Wildman–Crippen MR) is 84.2 cm³/mol. The van der Waals surface area contributed by atoms with Gasteiger partial charge >= 0.3 is 0 Å². The van der Waals surface area contributed by atoms with E-state index >= 15 is 0 Å². The Bertz CT molecular complexity index is 624. The molecule has 1 heterocycles. The van der Waals surface area contributed by atoms with Gasteiger partial charge in [0.2, 0.25) is 5.91 Å². The van der Waals surface area contributed by atoms with E-state index < -0.39 is 4.92 Å². The van der Waals surface area contributed by atoms with Crippen molar-refractivity contribution in [2.24, 2.45) is 0 Å². The smallest absolute Gasteiger partial charge is 0.273 e. The van der Waals surface area contributed by atoms with E-state index in [1.54, 1.807) is 24.9 Å². The van der Waals surface area contributed by atoms with Gasteiger partial charge in [0.15, 0.2) is 0 Å². The molecule has 1 aromatic rings. The molecule has 0 saturated carbocycles. The zero-order valence-electron chi connectivity index (χ0n) is 13.2. The van der Waals surface area contributed by atoms with Crippen molar-refractivity contribution < 1.29 is 14.5 Å². The second kappa shape index (κ2) is 7.19. The Balaban J connectivity index is 2.04. The maximum Gasteiger partial charge on any atom is 0.273 e. The van der Waals surface area contributed by atoms with Crippen LogP contribution in [-0.4, -0.2) is 66.3 Å². The van der Waals surface area contributed by atoms with Crippen LogP contribution >= 0.6 is 0 Å². The Hall–Kier alpha value is -2.48. The normalized spacial score (nSPS) is 15.3. The number of carbonyl (C=O) groups excluding carboxylic acids is 2. The first kappa shape index (κ1) is 16.9. The molecule has 124 valence electrons. The molecule has 2 rings (SSSR count). The van der Waals surface area contributed by atoms with Gasteiger partial charge in [-0.05, 0) is 13.0 Å². The quantitative estimate of drug-likeness (QED) is 0.640. The van der Waals surface area contributed by atoms with E-state index in [-0.39, 0.29) is 17.5 Å². The lowest BCUT2D eigenvalue weighted by atomic mass is 10.1. The van der Waals surface area contributed by atoms with Crippen LogP contribution in [0.15, 0.2) is 18.2 Å². The zero-order valence-corrected chi connectivity index (χ0v) is 13.2. The van der Waals surface area contributed by atoms with E-state index in [9.17, 15) is 19.7 Å². The second-order valence-electron chi connectivity index (χ2n) is 5.45. The molecule has 1 saturated heterocycles. The van der Waals surface area contributed by atoms with Crippen molar-refractivity contribution in [3.05, 3.63) is 39.4 Å². The van der Waals surface area contributed by atoms with Crippen molar-refractivity contribution in [2.45, 2.75) is 6.92 Å². The number of benzene rings is 1. The first-order valence-corrected chi connectivity index (χ1v) is 7.40. The Morgan fingerprint density at radius 2 is 1.91 bits per heavy atom. The number of nitrogens with one attached hydrogen (secondary N) is 1. The summed E-state index contributed by atoms with van der Waals surface area (Å²) in [5, 5.41) is 13.6. The molecular formula is C15H20N4O4. The topological polar surface area (TPSA) is 95.8 Å². The molecule has 0 aromatic heterocycles. The molecule has 2 amide bonds. The fourth-order valence-corrected chi connectivity index (χ4v) is 2.61. The summed E-state index contributed by atoms with van der Waals surface area (Å²) in [4.78, 5) is 38.1. The molecule has 0 spiro atoms. The van der Waals surface area contributed by atoms with Crippen LogP contribution in [0.1, 0.15) is 15.9 Å². The Morgan fingerprint density at radius 3 is 2.48 bits per heavy atom. The lowest BCUT2D eigenvalue weighted by Gasteiger charge is -2.34. The minimum atomic E-state index is -0.479. The van der Waals surface area contributed by atoms with Crippen LogP contribution in [0.25, 0.3) is 0 Å². The molecule has 8 nitrogen and oxygen atoms in total. The summed E-state index contributed by atoms with van der Waals surface area (Å²) in [6.45, 7) is 4.11. The first-order chi connectivity index (χ1) is 10.9. The highest BCUT2D eigenvalue weighted by Gasteiger charge is 2.26. The number of hydrogen-bond donors (Lipinski definition) is 1. The highest BCUT2D eigenvalue weighted by molar-refractivity contribution is 5.96. The highest BCUT2D eigenvalue weighted by Crippen LogP contribution is 2.22. The molecule has 23 heavy (non-hydrogen) atoms. The van der Waals surface area contributed by atoms with Crippen LogP contribution in [0.3, 0.4) is 0 Å². The largest absolute Gasteiger partial charge is 0.358 e. The van der Waals surface area contributed by atoms with Crippen molar-refractivity contribution in [1.82, 2.24) is 15.1 Å². The molecule has 1 fully saturated rings. The molecule has 0 unspecified atom stereocenters. The van der Waals surface area contributed by atoms with Gasteiger partial charge in [-0.1, -0.05) is 6.07 Å². The van der Waals surface area contributed by atoms with Gasteiger partial charge < -0.3 is 10.2 Å². The van der Waals surface area contributed by atoms with Crippen LogP contribution in [0.2, 0.25) is 0 Å². The first-order valence-electron chi connectivity index (χ1n) is 7.40. The van der Waals surface area contributed by atoms with E-state index in [2.05, 4.69) is 5.32 Å². The molecule has 1 aliphatic rings. The van der Waals surface area contributed by atoms with E-state index in [4.69, 9.17) is 0 Å². The average molecular weight is 320 g/mol. The third-order valence-electron chi connectivity index (χ3n) is 4.04. The molecule has 1 N–H and O–H groups in total. The number of hydrogen-bond acceptors (Lipinski definition) is 5. The number of likely N-dealkylation sites (N-methyl/N-ethyl adjacent to an activating group) is 1. The number of rotatable bonds is 4. The standard InChI is InChI=1S/C15H20N4O4/c1-11-12(4-3-5-13(11)19(22)23)15(21)18-8-6-17(7-9-18)10-14(20)16-2/h3-5H,6-10H2,1-2H3,(H,16,20). The average Bonchev–Trinajstić information content (AvgIpc) is 2.54. The van der Waals surface area contributed by atoms with Gasteiger partial charge in [-0.25, -0.2) is 0 Å². The third kappa shape index (κ3) is 3.84. The van der Waals surface area contributed by atoms with E-state index in [1.807, 2.05) is 4.90 Å². The monoisotopic (exact) mass is 320 g/mol. The highest BCUT2D eigenvalue weighted by atomic mass is 16.6. The maximum atomic E-state index is 12.6. The molecule has 0 aliphatic carbocycles. The van der Waals surface area contributed by atoms with Crippen LogP contribution in [0, 0.1) is 17.0 Å². The number of nitro benzene ring substituents is 1. The fraction of sp³-hybridized carbons (Fsp3) is 0.467. The van der Waals surface area contributed by atoms with Crippen molar-refractivity contribution in [1.29, 1.82) is 0 Å². The summed E-state index contributed by atoms with van der Waals surface area (Å²) in [7, 11) is 1.59. The minimum absolute atomic E-state index is 0.0471.